The van der Waals surface area contributed by atoms with Crippen molar-refractivity contribution < 1.29 is 4.74 Å². The molecule has 1 aliphatic rings. The predicted octanol–water partition coefficient (Wildman–Crippen LogP) is 1.59. The molecule has 1 heterocycles. The van der Waals surface area contributed by atoms with Gasteiger partial charge in [-0.1, -0.05) is 27.7 Å². The number of morpholine rings is 1. The zero-order valence-electron chi connectivity index (χ0n) is 11.3. The van der Waals surface area contributed by atoms with E-state index in [0.29, 0.717) is 6.10 Å². The molecule has 3 nitrogen and oxygen atoms in total. The predicted molar refractivity (Wildman–Crippen MR) is 68.7 cm³/mol. The van der Waals surface area contributed by atoms with E-state index in [2.05, 4.69) is 37.9 Å². The molecule has 0 aromatic carbocycles. The molecule has 96 valence electrons. The molecule has 2 atom stereocenters. The average molecular weight is 228 g/mol. The Kier molecular flexibility index (Phi) is 6.32. The maximum Gasteiger partial charge on any atom is 0.0826 e. The number of nitrogens with one attached hydrogen (secondary N) is 1. The van der Waals surface area contributed by atoms with Gasteiger partial charge in [-0.2, -0.15) is 0 Å². The lowest BCUT2D eigenvalue weighted by molar-refractivity contribution is -0.0256. The molecule has 0 amide bonds. The van der Waals surface area contributed by atoms with Crippen LogP contribution in [0.1, 0.15) is 27.7 Å². The molecule has 0 aromatic heterocycles. The van der Waals surface area contributed by atoms with Gasteiger partial charge in [-0.25, -0.2) is 0 Å². The van der Waals surface area contributed by atoms with Crippen LogP contribution in [-0.2, 0) is 4.74 Å². The highest BCUT2D eigenvalue weighted by Gasteiger charge is 2.18. The van der Waals surface area contributed by atoms with Gasteiger partial charge in [0.05, 0.1) is 12.7 Å². The normalized spacial score (nSPS) is 24.9. The maximum atomic E-state index is 5.75. The third-order valence-electron chi connectivity index (χ3n) is 3.65. The van der Waals surface area contributed by atoms with Gasteiger partial charge in [0.15, 0.2) is 0 Å². The molecule has 0 spiro atoms. The van der Waals surface area contributed by atoms with Gasteiger partial charge in [0.2, 0.25) is 0 Å². The van der Waals surface area contributed by atoms with Crippen LogP contribution in [0, 0.1) is 11.8 Å². The van der Waals surface area contributed by atoms with Gasteiger partial charge in [-0.05, 0) is 24.9 Å². The molecule has 1 rings (SSSR count). The van der Waals surface area contributed by atoms with Crippen LogP contribution in [0.4, 0.5) is 0 Å². The summed E-state index contributed by atoms with van der Waals surface area (Å²) in [7, 11) is 0. The Bertz CT molecular complexity index is 185. The zero-order chi connectivity index (χ0) is 12.0. The van der Waals surface area contributed by atoms with Crippen LogP contribution in [0.2, 0.25) is 0 Å². The minimum Gasteiger partial charge on any atom is -0.374 e. The van der Waals surface area contributed by atoms with Crippen LogP contribution in [0.15, 0.2) is 0 Å². The molecule has 0 aromatic rings. The lowest BCUT2D eigenvalue weighted by atomic mass is 9.98. The van der Waals surface area contributed by atoms with Crippen LogP contribution in [0.3, 0.4) is 0 Å². The molecule has 16 heavy (non-hydrogen) atoms. The van der Waals surface area contributed by atoms with Crippen molar-refractivity contribution in [1.29, 1.82) is 0 Å². The van der Waals surface area contributed by atoms with Gasteiger partial charge in [0, 0.05) is 19.6 Å². The Morgan fingerprint density at radius 3 is 2.75 bits per heavy atom. The van der Waals surface area contributed by atoms with E-state index in [1.807, 2.05) is 0 Å². The quantitative estimate of drug-likeness (QED) is 0.747. The molecule has 1 N–H and O–H groups in total. The first-order valence-corrected chi connectivity index (χ1v) is 6.68. The first kappa shape index (κ1) is 13.9. The maximum absolute atomic E-state index is 5.75. The molecule has 1 aliphatic heterocycles. The second kappa shape index (κ2) is 7.25. The van der Waals surface area contributed by atoms with Crippen LogP contribution >= 0.6 is 0 Å². The van der Waals surface area contributed by atoms with Gasteiger partial charge < -0.3 is 10.1 Å². The van der Waals surface area contributed by atoms with Crippen LogP contribution in [0.25, 0.3) is 0 Å². The highest BCUT2D eigenvalue weighted by molar-refractivity contribution is 4.73. The molecule has 0 saturated carbocycles. The van der Waals surface area contributed by atoms with Crippen molar-refractivity contribution in [2.24, 2.45) is 11.8 Å². The van der Waals surface area contributed by atoms with Crippen LogP contribution in [-0.4, -0.2) is 50.3 Å². The SMILES string of the molecule is CCN1CCOC(CNCC(C)C(C)C)C1. The topological polar surface area (TPSA) is 24.5 Å². The first-order chi connectivity index (χ1) is 7.63. The van der Waals surface area contributed by atoms with E-state index in [0.717, 1.165) is 51.2 Å². The molecule has 0 aliphatic carbocycles. The number of nitrogens with zero attached hydrogens (tertiary/aromatic N) is 1. The summed E-state index contributed by atoms with van der Waals surface area (Å²) in [5, 5.41) is 3.53. The van der Waals surface area contributed by atoms with Gasteiger partial charge >= 0.3 is 0 Å². The minimum absolute atomic E-state index is 0.382. The molecule has 3 heteroatoms. The Labute approximate surface area is 101 Å². The van der Waals surface area contributed by atoms with Crippen molar-refractivity contribution >= 4 is 0 Å². The van der Waals surface area contributed by atoms with Gasteiger partial charge in [0.1, 0.15) is 0 Å². The Morgan fingerprint density at radius 2 is 2.12 bits per heavy atom. The molecular formula is C13H28N2O. The molecule has 0 bridgehead atoms. The van der Waals surface area contributed by atoms with Crippen molar-refractivity contribution in [3.8, 4) is 0 Å². The number of rotatable bonds is 6. The van der Waals surface area contributed by atoms with Crippen molar-refractivity contribution in [2.75, 3.05) is 39.3 Å². The molecule has 0 radical (unpaired) electrons. The summed E-state index contributed by atoms with van der Waals surface area (Å²) in [5.74, 6) is 1.50. The highest BCUT2D eigenvalue weighted by atomic mass is 16.5. The molecule has 1 saturated heterocycles. The van der Waals surface area contributed by atoms with Gasteiger partial charge in [-0.3, -0.25) is 4.90 Å². The third-order valence-corrected chi connectivity index (χ3v) is 3.65. The number of likely N-dealkylation sites (N-methyl/N-ethyl adjacent to an activating group) is 1. The van der Waals surface area contributed by atoms with Crippen LogP contribution < -0.4 is 5.32 Å². The molecule has 1 fully saturated rings. The highest BCUT2D eigenvalue weighted by Crippen LogP contribution is 2.08. The lowest BCUT2D eigenvalue weighted by Crippen LogP contribution is -2.47. The van der Waals surface area contributed by atoms with E-state index in [1.54, 1.807) is 0 Å². The van der Waals surface area contributed by atoms with Crippen LogP contribution in [0.5, 0.6) is 0 Å². The fourth-order valence-corrected chi connectivity index (χ4v) is 1.90. The fourth-order valence-electron chi connectivity index (χ4n) is 1.90. The second-order valence-electron chi connectivity index (χ2n) is 5.27. The average Bonchev–Trinajstić information content (AvgIpc) is 2.29. The van der Waals surface area contributed by atoms with E-state index < -0.39 is 0 Å². The summed E-state index contributed by atoms with van der Waals surface area (Å²) >= 11 is 0. The fraction of sp³-hybridized carbons (Fsp3) is 1.00. The standard InChI is InChI=1S/C13H28N2O/c1-5-15-6-7-16-13(10-15)9-14-8-12(4)11(2)3/h11-14H,5-10H2,1-4H3. The van der Waals surface area contributed by atoms with Crippen molar-refractivity contribution in [3.05, 3.63) is 0 Å². The number of hydrogen-bond acceptors (Lipinski definition) is 3. The summed E-state index contributed by atoms with van der Waals surface area (Å²) in [6, 6.07) is 0. The van der Waals surface area contributed by atoms with Crippen molar-refractivity contribution in [1.82, 2.24) is 10.2 Å². The smallest absolute Gasteiger partial charge is 0.0826 e. The monoisotopic (exact) mass is 228 g/mol. The summed E-state index contributed by atoms with van der Waals surface area (Å²) in [6.07, 6.45) is 0.382. The van der Waals surface area contributed by atoms with E-state index in [-0.39, 0.29) is 0 Å². The van der Waals surface area contributed by atoms with E-state index in [4.69, 9.17) is 4.74 Å². The van der Waals surface area contributed by atoms with Gasteiger partial charge in [-0.15, -0.1) is 0 Å². The van der Waals surface area contributed by atoms with E-state index >= 15 is 0 Å². The first-order valence-electron chi connectivity index (χ1n) is 6.68. The summed E-state index contributed by atoms with van der Waals surface area (Å²) in [4.78, 5) is 2.46. The van der Waals surface area contributed by atoms with Gasteiger partial charge in [0.25, 0.3) is 0 Å². The lowest BCUT2D eigenvalue weighted by Gasteiger charge is -2.32. The Morgan fingerprint density at radius 1 is 1.38 bits per heavy atom. The zero-order valence-corrected chi connectivity index (χ0v) is 11.3. The second-order valence-corrected chi connectivity index (χ2v) is 5.27. The summed E-state index contributed by atoms with van der Waals surface area (Å²) in [6.45, 7) is 15.4. The largest absolute Gasteiger partial charge is 0.374 e. The van der Waals surface area contributed by atoms with E-state index in [1.165, 1.54) is 0 Å². The Hall–Kier alpha value is -0.120. The number of ether oxygens (including phenoxy) is 1. The third kappa shape index (κ3) is 4.81. The van der Waals surface area contributed by atoms with Crippen molar-refractivity contribution in [3.63, 3.8) is 0 Å². The molecule has 2 unspecified atom stereocenters. The summed E-state index contributed by atoms with van der Waals surface area (Å²) in [5.41, 5.74) is 0. The van der Waals surface area contributed by atoms with Crippen molar-refractivity contribution in [2.45, 2.75) is 33.8 Å². The summed E-state index contributed by atoms with van der Waals surface area (Å²) < 4.78 is 5.75. The molecular weight excluding hydrogens is 200 g/mol. The van der Waals surface area contributed by atoms with E-state index in [9.17, 15) is 0 Å². The minimum atomic E-state index is 0.382. The number of hydrogen-bond donors (Lipinski definition) is 1. The Balaban J connectivity index is 2.12.